The highest BCUT2D eigenvalue weighted by Crippen LogP contribution is 2.53. The van der Waals surface area contributed by atoms with Gasteiger partial charge in [0.15, 0.2) is 0 Å². The van der Waals surface area contributed by atoms with E-state index in [0.717, 1.165) is 88.0 Å². The van der Waals surface area contributed by atoms with Crippen LogP contribution in [0.5, 0.6) is 0 Å². The third kappa shape index (κ3) is 11.5. The molecule has 2 fully saturated rings. The summed E-state index contributed by atoms with van der Waals surface area (Å²) in [5.41, 5.74) is 9.93. The number of nitrogens with one attached hydrogen (secondary N) is 4. The molecule has 12 atom stereocenters. The van der Waals surface area contributed by atoms with Gasteiger partial charge in [-0.15, -0.1) is 0 Å². The fraction of sp³-hybridized carbons (Fsp3) is 0.709. The summed E-state index contributed by atoms with van der Waals surface area (Å²) in [6.07, 6.45) is 19.1. The molecule has 5 heterocycles. The van der Waals surface area contributed by atoms with Crippen molar-refractivity contribution in [1.82, 2.24) is 20.9 Å². The predicted octanol–water partition coefficient (Wildman–Crippen LogP) is 11.1. The number of H-pyrrole nitrogens is 1. The standard InChI is InChI=1S/C55H86N4O6/c1-13-39-34(7)41-29-46-48(38(11)60)36(9)43(57-46)27-42-35(8)40(52(58-42)50-51(55(63)64-12)54(62)49-37(10)44(59-53(49)50)28-45(39)56-41)23-24-47(61)65-26-25-33(6)22-16-21-32(5)20-15-19-31(4)18-14-17-30(2)3/h27-35,38-40,46,48,51,54,56-60,62H,13-26H2,1-12H3/b41-29-,42-27-,45-28-,52-50-/t31-,32-,33?,34-,35+,38?,39-,40+,46+,48-,51-,54+/m1/s1. The van der Waals surface area contributed by atoms with Crippen LogP contribution in [-0.4, -0.2) is 53.0 Å². The quantitative estimate of drug-likeness (QED) is 0.0664. The normalized spacial score (nSPS) is 31.2. The van der Waals surface area contributed by atoms with Crippen molar-refractivity contribution in [2.45, 2.75) is 178 Å². The molecule has 0 spiro atoms. The van der Waals surface area contributed by atoms with Crippen LogP contribution in [0.2, 0.25) is 0 Å². The topological polar surface area (TPSA) is 145 Å². The van der Waals surface area contributed by atoms with E-state index in [1.165, 1.54) is 58.5 Å². The molecular weight excluding hydrogens is 813 g/mol. The third-order valence-electron chi connectivity index (χ3n) is 16.2. The fourth-order valence-electron chi connectivity index (χ4n) is 11.9. The summed E-state index contributed by atoms with van der Waals surface area (Å²) in [6.45, 7) is 24.7. The second-order valence-electron chi connectivity index (χ2n) is 21.6. The van der Waals surface area contributed by atoms with Gasteiger partial charge in [0, 0.05) is 81.3 Å². The average Bonchev–Trinajstić information content (AvgIpc) is 4.00. The lowest BCUT2D eigenvalue weighted by atomic mass is 9.84. The molecule has 4 aliphatic heterocycles. The molecule has 0 amide bonds. The molecule has 1 aromatic rings. The molecule has 6 rings (SSSR count). The smallest absolute Gasteiger partial charge is 0.316 e. The van der Waals surface area contributed by atoms with Gasteiger partial charge in [-0.3, -0.25) is 9.59 Å². The van der Waals surface area contributed by atoms with Crippen molar-refractivity contribution in [2.75, 3.05) is 13.7 Å². The van der Waals surface area contributed by atoms with Crippen molar-refractivity contribution >= 4 is 23.6 Å². The van der Waals surface area contributed by atoms with Crippen molar-refractivity contribution in [3.05, 3.63) is 68.7 Å². The van der Waals surface area contributed by atoms with Crippen LogP contribution in [0.4, 0.5) is 0 Å². The second-order valence-corrected chi connectivity index (χ2v) is 21.6. The molecular formula is C55H86N4O6. The fourth-order valence-corrected chi connectivity index (χ4v) is 11.9. The van der Waals surface area contributed by atoms with Gasteiger partial charge in [-0.1, -0.05) is 113 Å². The van der Waals surface area contributed by atoms with Crippen LogP contribution in [0.25, 0.3) is 11.6 Å². The van der Waals surface area contributed by atoms with Crippen LogP contribution in [0, 0.1) is 66.1 Å². The Morgan fingerprint density at radius 1 is 0.800 bits per heavy atom. The van der Waals surface area contributed by atoms with Crippen molar-refractivity contribution in [3.8, 4) is 0 Å². The number of hydrogen-bond acceptors (Lipinski definition) is 9. The van der Waals surface area contributed by atoms with Crippen molar-refractivity contribution in [1.29, 1.82) is 0 Å². The summed E-state index contributed by atoms with van der Waals surface area (Å²) in [7, 11) is 1.37. The number of fused-ring (bicyclic) bond motifs is 7. The molecule has 8 bridgehead atoms. The first kappa shape index (κ1) is 50.6. The number of rotatable bonds is 21. The lowest BCUT2D eigenvalue weighted by molar-refractivity contribution is -0.146. The van der Waals surface area contributed by atoms with Crippen molar-refractivity contribution in [2.24, 2.45) is 59.2 Å². The Balaban J connectivity index is 1.18. The number of aliphatic hydroxyl groups excluding tert-OH is 2. The van der Waals surface area contributed by atoms with E-state index in [0.29, 0.717) is 30.1 Å². The minimum absolute atomic E-state index is 0.0637. The SMILES string of the molecule is CC[C@H]1/C2=C/c3[nH]c4c(c3C)[C@H](O)[C@H](C(=O)OC)/C4=C3/N/C(=C\C4=C(C)[C@H](C(C)O)[C@H](/C=C(\N2)[C@@H]1C)N4)[C@@H](C)[C@@H]3CCC(=O)OCCC(C)CCC[C@H](C)CCC[C@H](C)CCCC(C)C. The Kier molecular flexibility index (Phi) is 17.4. The zero-order valence-electron chi connectivity index (χ0n) is 42.2. The number of carbonyl (C=O) groups is 2. The highest BCUT2D eigenvalue weighted by molar-refractivity contribution is 5.95. The highest BCUT2D eigenvalue weighted by atomic mass is 16.5. The van der Waals surface area contributed by atoms with E-state index in [1.807, 2.05) is 13.8 Å². The molecule has 0 saturated carbocycles. The Bertz CT molecular complexity index is 2000. The molecule has 10 nitrogen and oxygen atoms in total. The molecule has 0 aromatic carbocycles. The van der Waals surface area contributed by atoms with Gasteiger partial charge in [0.2, 0.25) is 0 Å². The molecule has 5 aliphatic rings. The van der Waals surface area contributed by atoms with Gasteiger partial charge in [0.25, 0.3) is 0 Å². The maximum atomic E-state index is 13.7. The molecule has 1 aliphatic carbocycles. The van der Waals surface area contributed by atoms with E-state index in [-0.39, 0.29) is 48.0 Å². The second kappa shape index (κ2) is 22.4. The van der Waals surface area contributed by atoms with Gasteiger partial charge in [0.1, 0.15) is 5.92 Å². The number of hydrogen-bond donors (Lipinski definition) is 6. The van der Waals surface area contributed by atoms with E-state index in [4.69, 9.17) is 9.47 Å². The molecule has 1 aromatic heterocycles. The first-order valence-electron chi connectivity index (χ1n) is 25.7. The summed E-state index contributed by atoms with van der Waals surface area (Å²) in [5.74, 6) is 1.32. The van der Waals surface area contributed by atoms with E-state index in [1.54, 1.807) is 0 Å². The largest absolute Gasteiger partial charge is 0.468 e. The van der Waals surface area contributed by atoms with Crippen molar-refractivity contribution < 1.29 is 29.3 Å². The molecule has 10 heteroatoms. The number of aromatic nitrogens is 1. The third-order valence-corrected chi connectivity index (χ3v) is 16.2. The van der Waals surface area contributed by atoms with Gasteiger partial charge in [-0.2, -0.15) is 0 Å². The number of aliphatic hydroxyl groups is 2. The zero-order chi connectivity index (χ0) is 47.3. The lowest BCUT2D eigenvalue weighted by Gasteiger charge is -2.23. The summed E-state index contributed by atoms with van der Waals surface area (Å²) in [5, 5.41) is 34.5. The number of allylic oxidation sites excluding steroid dienone is 5. The number of carbonyl (C=O) groups excluding carboxylic acids is 2. The Morgan fingerprint density at radius 2 is 1.42 bits per heavy atom. The van der Waals surface area contributed by atoms with Crippen molar-refractivity contribution in [3.63, 3.8) is 0 Å². The minimum Gasteiger partial charge on any atom is -0.468 e. The van der Waals surface area contributed by atoms with Crippen LogP contribution in [0.1, 0.15) is 181 Å². The lowest BCUT2D eigenvalue weighted by Crippen LogP contribution is -2.34. The summed E-state index contributed by atoms with van der Waals surface area (Å²) in [6, 6.07) is -0.119. The minimum atomic E-state index is -1.11. The number of esters is 2. The molecule has 2 unspecified atom stereocenters. The predicted molar refractivity (Wildman–Crippen MR) is 262 cm³/mol. The average molecular weight is 899 g/mol. The maximum absolute atomic E-state index is 13.7. The van der Waals surface area contributed by atoms with E-state index in [9.17, 15) is 19.8 Å². The van der Waals surface area contributed by atoms with Crippen LogP contribution < -0.4 is 16.0 Å². The monoisotopic (exact) mass is 899 g/mol. The van der Waals surface area contributed by atoms with Gasteiger partial charge in [-0.05, 0) is 93.1 Å². The Morgan fingerprint density at radius 3 is 2.02 bits per heavy atom. The first-order chi connectivity index (χ1) is 30.9. The number of methoxy groups -OCH3 is 1. The Hall–Kier alpha value is -3.76. The van der Waals surface area contributed by atoms with Gasteiger partial charge >= 0.3 is 11.9 Å². The van der Waals surface area contributed by atoms with Crippen LogP contribution >= 0.6 is 0 Å². The Labute approximate surface area is 392 Å². The summed E-state index contributed by atoms with van der Waals surface area (Å²) in [4.78, 5) is 30.9. The number of aromatic amines is 1. The van der Waals surface area contributed by atoms with Crippen LogP contribution in [0.15, 0.2) is 46.2 Å². The van der Waals surface area contributed by atoms with E-state index >= 15 is 0 Å². The van der Waals surface area contributed by atoms with Gasteiger partial charge < -0.3 is 40.6 Å². The summed E-state index contributed by atoms with van der Waals surface area (Å²) < 4.78 is 11.3. The van der Waals surface area contributed by atoms with Crippen LogP contribution in [-0.2, 0) is 19.1 Å². The molecule has 0 radical (unpaired) electrons. The molecule has 2 saturated heterocycles. The molecule has 65 heavy (non-hydrogen) atoms. The van der Waals surface area contributed by atoms with E-state index < -0.39 is 24.1 Å². The van der Waals surface area contributed by atoms with Gasteiger partial charge in [-0.25, -0.2) is 0 Å². The maximum Gasteiger partial charge on any atom is 0.316 e. The molecule has 362 valence electrons. The first-order valence-corrected chi connectivity index (χ1v) is 25.7. The number of ether oxygens (including phenoxy) is 2. The molecule has 6 N–H and O–H groups in total. The van der Waals surface area contributed by atoms with Crippen LogP contribution in [0.3, 0.4) is 0 Å². The van der Waals surface area contributed by atoms with E-state index in [2.05, 4.69) is 101 Å². The summed E-state index contributed by atoms with van der Waals surface area (Å²) >= 11 is 0. The zero-order valence-corrected chi connectivity index (χ0v) is 42.2. The highest BCUT2D eigenvalue weighted by Gasteiger charge is 2.49. The van der Waals surface area contributed by atoms with Gasteiger partial charge in [0.05, 0.1) is 37.7 Å².